The van der Waals surface area contributed by atoms with E-state index in [4.69, 9.17) is 12.2 Å². The predicted octanol–water partition coefficient (Wildman–Crippen LogP) is 1.05. The number of thiocarbonyl (C=S) groups is 1. The summed E-state index contributed by atoms with van der Waals surface area (Å²) in [6, 6.07) is 0.496. The lowest BCUT2D eigenvalue weighted by Crippen LogP contribution is -2.67. The van der Waals surface area contributed by atoms with Crippen molar-refractivity contribution in [3.8, 4) is 0 Å². The third kappa shape index (κ3) is 1.41. The smallest absolute Gasteiger partial charge is 0.171 e. The molecule has 0 aromatic rings. The van der Waals surface area contributed by atoms with Gasteiger partial charge in [-0.3, -0.25) is 5.32 Å². The van der Waals surface area contributed by atoms with Gasteiger partial charge in [0, 0.05) is 24.5 Å². The van der Waals surface area contributed by atoms with Crippen molar-refractivity contribution in [3.63, 3.8) is 0 Å². The SMILES string of the molecule is CC1CNC2(C)CC(C)(C)NC(=S)N12. The van der Waals surface area contributed by atoms with Gasteiger partial charge in [-0.25, -0.2) is 0 Å². The molecule has 2 aliphatic heterocycles. The van der Waals surface area contributed by atoms with Gasteiger partial charge in [-0.2, -0.15) is 0 Å². The molecule has 2 N–H and O–H groups in total. The van der Waals surface area contributed by atoms with Gasteiger partial charge in [0.1, 0.15) is 0 Å². The maximum Gasteiger partial charge on any atom is 0.171 e. The van der Waals surface area contributed by atoms with Crippen LogP contribution in [0.25, 0.3) is 0 Å². The molecule has 2 atom stereocenters. The number of nitrogens with zero attached hydrogens (tertiary/aromatic N) is 1. The maximum atomic E-state index is 5.42. The Labute approximate surface area is 91.2 Å². The van der Waals surface area contributed by atoms with Crippen molar-refractivity contribution in [2.75, 3.05) is 6.54 Å². The van der Waals surface area contributed by atoms with Crippen LogP contribution in [0.5, 0.6) is 0 Å². The van der Waals surface area contributed by atoms with E-state index in [2.05, 4.69) is 43.2 Å². The van der Waals surface area contributed by atoms with E-state index in [-0.39, 0.29) is 11.2 Å². The zero-order valence-corrected chi connectivity index (χ0v) is 10.2. The molecule has 2 saturated heterocycles. The Morgan fingerprint density at radius 2 is 2.07 bits per heavy atom. The Balaban J connectivity index is 2.31. The van der Waals surface area contributed by atoms with Crippen molar-refractivity contribution < 1.29 is 0 Å². The lowest BCUT2D eigenvalue weighted by atomic mass is 9.89. The monoisotopic (exact) mass is 213 g/mol. The van der Waals surface area contributed by atoms with Crippen molar-refractivity contribution in [1.29, 1.82) is 0 Å². The van der Waals surface area contributed by atoms with Crippen LogP contribution in [0, 0.1) is 0 Å². The van der Waals surface area contributed by atoms with Crippen molar-refractivity contribution >= 4 is 17.3 Å². The van der Waals surface area contributed by atoms with Crippen molar-refractivity contribution in [1.82, 2.24) is 15.5 Å². The minimum Gasteiger partial charge on any atom is -0.357 e. The van der Waals surface area contributed by atoms with Gasteiger partial charge in [0.15, 0.2) is 5.11 Å². The lowest BCUT2D eigenvalue weighted by molar-refractivity contribution is 0.113. The zero-order chi connectivity index (χ0) is 10.6. The van der Waals surface area contributed by atoms with Gasteiger partial charge in [-0.15, -0.1) is 0 Å². The Kier molecular flexibility index (Phi) is 2.05. The fraction of sp³-hybridized carbons (Fsp3) is 0.900. The van der Waals surface area contributed by atoms with Gasteiger partial charge in [0.2, 0.25) is 0 Å². The van der Waals surface area contributed by atoms with Gasteiger partial charge >= 0.3 is 0 Å². The second kappa shape index (κ2) is 2.83. The molecule has 0 radical (unpaired) electrons. The molecule has 14 heavy (non-hydrogen) atoms. The van der Waals surface area contributed by atoms with E-state index < -0.39 is 0 Å². The molecule has 0 aromatic heterocycles. The Morgan fingerprint density at radius 3 is 2.71 bits per heavy atom. The number of fused-ring (bicyclic) bond motifs is 1. The molecule has 4 heteroatoms. The molecule has 0 spiro atoms. The number of hydrogen-bond acceptors (Lipinski definition) is 2. The maximum absolute atomic E-state index is 5.42. The molecule has 2 fully saturated rings. The molecule has 0 amide bonds. The Bertz CT molecular complexity index is 277. The highest BCUT2D eigenvalue weighted by atomic mass is 32.1. The molecular formula is C10H19N3S. The van der Waals surface area contributed by atoms with Crippen molar-refractivity contribution in [2.45, 2.75) is 51.4 Å². The van der Waals surface area contributed by atoms with E-state index in [1.165, 1.54) is 0 Å². The van der Waals surface area contributed by atoms with Crippen LogP contribution in [0.3, 0.4) is 0 Å². The lowest BCUT2D eigenvalue weighted by Gasteiger charge is -2.50. The summed E-state index contributed by atoms with van der Waals surface area (Å²) in [4.78, 5) is 2.30. The number of nitrogens with one attached hydrogen (secondary N) is 2. The minimum absolute atomic E-state index is 0.0469. The first kappa shape index (κ1) is 10.2. The largest absolute Gasteiger partial charge is 0.357 e. The van der Waals surface area contributed by atoms with Gasteiger partial charge in [-0.1, -0.05) is 0 Å². The summed E-state index contributed by atoms with van der Waals surface area (Å²) in [5, 5.41) is 7.86. The number of rotatable bonds is 0. The highest BCUT2D eigenvalue weighted by Gasteiger charge is 2.49. The summed E-state index contributed by atoms with van der Waals surface area (Å²) in [5.74, 6) is 0. The van der Waals surface area contributed by atoms with Crippen LogP contribution in [0.1, 0.15) is 34.1 Å². The summed E-state index contributed by atoms with van der Waals surface area (Å²) < 4.78 is 0. The third-order valence-electron chi connectivity index (χ3n) is 3.20. The second-order valence-electron chi connectivity index (χ2n) is 5.36. The van der Waals surface area contributed by atoms with Crippen molar-refractivity contribution in [2.24, 2.45) is 0 Å². The average molecular weight is 213 g/mol. The van der Waals surface area contributed by atoms with Crippen LogP contribution in [-0.2, 0) is 0 Å². The van der Waals surface area contributed by atoms with E-state index >= 15 is 0 Å². The van der Waals surface area contributed by atoms with Crippen LogP contribution >= 0.6 is 12.2 Å². The van der Waals surface area contributed by atoms with Gasteiger partial charge in [-0.05, 0) is 39.9 Å². The quantitative estimate of drug-likeness (QED) is 0.588. The first-order valence-electron chi connectivity index (χ1n) is 5.21. The van der Waals surface area contributed by atoms with Crippen LogP contribution in [-0.4, -0.2) is 33.8 Å². The van der Waals surface area contributed by atoms with E-state index in [9.17, 15) is 0 Å². The molecule has 0 aromatic carbocycles. The van der Waals surface area contributed by atoms with Crippen LogP contribution in [0.4, 0.5) is 0 Å². The molecular weight excluding hydrogens is 194 g/mol. The van der Waals surface area contributed by atoms with Crippen LogP contribution in [0.15, 0.2) is 0 Å². The molecule has 0 saturated carbocycles. The third-order valence-corrected chi connectivity index (χ3v) is 3.50. The van der Waals surface area contributed by atoms with Crippen molar-refractivity contribution in [3.05, 3.63) is 0 Å². The molecule has 2 unspecified atom stereocenters. The normalized spacial score (nSPS) is 40.7. The summed E-state index contributed by atoms with van der Waals surface area (Å²) in [6.07, 6.45) is 1.07. The van der Waals surface area contributed by atoms with Gasteiger partial charge in [0.25, 0.3) is 0 Å². The average Bonchev–Trinajstić information content (AvgIpc) is 2.23. The zero-order valence-electron chi connectivity index (χ0n) is 9.35. The topological polar surface area (TPSA) is 27.3 Å². The fourth-order valence-electron chi connectivity index (χ4n) is 2.86. The van der Waals surface area contributed by atoms with Gasteiger partial charge < -0.3 is 10.2 Å². The van der Waals surface area contributed by atoms with Gasteiger partial charge in [0.05, 0.1) is 5.66 Å². The minimum atomic E-state index is 0.0469. The first-order chi connectivity index (χ1) is 6.34. The molecule has 80 valence electrons. The van der Waals surface area contributed by atoms with Crippen LogP contribution < -0.4 is 10.6 Å². The Morgan fingerprint density at radius 1 is 1.43 bits per heavy atom. The van der Waals surface area contributed by atoms with E-state index in [0.29, 0.717) is 6.04 Å². The molecule has 0 aliphatic carbocycles. The molecule has 2 heterocycles. The first-order valence-corrected chi connectivity index (χ1v) is 5.61. The molecule has 2 aliphatic rings. The molecule has 0 bridgehead atoms. The van der Waals surface area contributed by atoms with E-state index in [0.717, 1.165) is 18.1 Å². The van der Waals surface area contributed by atoms with E-state index in [1.54, 1.807) is 0 Å². The summed E-state index contributed by atoms with van der Waals surface area (Å²) in [7, 11) is 0. The van der Waals surface area contributed by atoms with E-state index in [1.807, 2.05) is 0 Å². The molecule has 2 rings (SSSR count). The van der Waals surface area contributed by atoms with Crippen LogP contribution in [0.2, 0.25) is 0 Å². The highest BCUT2D eigenvalue weighted by Crippen LogP contribution is 2.34. The highest BCUT2D eigenvalue weighted by molar-refractivity contribution is 7.80. The Hall–Kier alpha value is -0.350. The summed E-state index contributed by atoms with van der Waals surface area (Å²) >= 11 is 5.42. The fourth-order valence-corrected chi connectivity index (χ4v) is 3.51. The summed E-state index contributed by atoms with van der Waals surface area (Å²) in [6.45, 7) is 9.88. The number of hydrogen-bond donors (Lipinski definition) is 2. The predicted molar refractivity (Wildman–Crippen MR) is 62.1 cm³/mol. The standard InChI is InChI=1S/C10H19N3S/c1-7-5-11-10(4)6-9(2,3)12-8(14)13(7)10/h7,11H,5-6H2,1-4H3,(H,12,14). The molecule has 3 nitrogen and oxygen atoms in total. The second-order valence-corrected chi connectivity index (χ2v) is 5.75. The summed E-state index contributed by atoms with van der Waals surface area (Å²) in [5.41, 5.74) is 0.143.